The molecular weight excluding hydrogens is 255 g/mol. The number of nitrogens with one attached hydrogen (secondary N) is 1. The van der Waals surface area contributed by atoms with Gasteiger partial charge in [0.2, 0.25) is 0 Å². The Bertz CT molecular complexity index is 630. The average Bonchev–Trinajstić information content (AvgIpc) is 2.86. The molecule has 2 aromatic rings. The van der Waals surface area contributed by atoms with Gasteiger partial charge in [0.25, 0.3) is 0 Å². The molecule has 104 valence electrons. The van der Waals surface area contributed by atoms with Crippen molar-refractivity contribution in [2.24, 2.45) is 5.84 Å². The molecule has 1 heterocycles. The summed E-state index contributed by atoms with van der Waals surface area (Å²) in [6, 6.07) is 12.6. The van der Waals surface area contributed by atoms with E-state index in [1.165, 1.54) is 12.1 Å². The van der Waals surface area contributed by atoms with Crippen molar-refractivity contribution < 1.29 is 9.13 Å². The van der Waals surface area contributed by atoms with Crippen molar-refractivity contribution in [2.45, 2.75) is 18.9 Å². The Hall–Kier alpha value is -1.91. The van der Waals surface area contributed by atoms with E-state index in [0.717, 1.165) is 22.4 Å². The van der Waals surface area contributed by atoms with Crippen LogP contribution >= 0.6 is 0 Å². The molecule has 2 unspecified atom stereocenters. The SMILES string of the molecule is Cc1cc(F)ccc1C(NN)C1COc2ccccc21. The first kappa shape index (κ1) is 13.1. The van der Waals surface area contributed by atoms with Gasteiger partial charge < -0.3 is 4.74 Å². The lowest BCUT2D eigenvalue weighted by atomic mass is 9.87. The quantitative estimate of drug-likeness (QED) is 0.667. The fourth-order valence-corrected chi connectivity index (χ4v) is 2.87. The Kier molecular flexibility index (Phi) is 3.42. The molecule has 0 amide bonds. The fraction of sp³-hybridized carbons (Fsp3) is 0.250. The third kappa shape index (κ3) is 2.17. The number of ether oxygens (including phenoxy) is 1. The van der Waals surface area contributed by atoms with Crippen LogP contribution in [-0.2, 0) is 0 Å². The highest BCUT2D eigenvalue weighted by Gasteiger charge is 2.32. The molecule has 0 fully saturated rings. The lowest BCUT2D eigenvalue weighted by Gasteiger charge is -2.24. The Morgan fingerprint density at radius 1 is 1.30 bits per heavy atom. The molecular formula is C16H17FN2O. The first-order valence-electron chi connectivity index (χ1n) is 6.64. The largest absolute Gasteiger partial charge is 0.493 e. The molecule has 0 spiro atoms. The zero-order chi connectivity index (χ0) is 14.1. The number of rotatable bonds is 3. The molecule has 1 aliphatic heterocycles. The zero-order valence-electron chi connectivity index (χ0n) is 11.3. The van der Waals surface area contributed by atoms with Crippen molar-refractivity contribution in [1.29, 1.82) is 0 Å². The smallest absolute Gasteiger partial charge is 0.123 e. The highest BCUT2D eigenvalue weighted by atomic mass is 19.1. The lowest BCUT2D eigenvalue weighted by molar-refractivity contribution is 0.300. The first-order chi connectivity index (χ1) is 9.70. The van der Waals surface area contributed by atoms with E-state index in [1.807, 2.05) is 25.1 Å². The standard InChI is InChI=1S/C16H17FN2O/c1-10-8-11(17)6-7-12(10)16(19-18)14-9-20-15-5-3-2-4-13(14)15/h2-8,14,16,19H,9,18H2,1H3. The number of hydrazine groups is 1. The number of benzene rings is 2. The van der Waals surface area contributed by atoms with Gasteiger partial charge in [-0.3, -0.25) is 11.3 Å². The summed E-state index contributed by atoms with van der Waals surface area (Å²) in [5.41, 5.74) is 5.88. The van der Waals surface area contributed by atoms with Crippen LogP contribution in [0.2, 0.25) is 0 Å². The van der Waals surface area contributed by atoms with Crippen LogP contribution in [0.15, 0.2) is 42.5 Å². The van der Waals surface area contributed by atoms with Crippen LogP contribution < -0.4 is 16.0 Å². The number of aryl methyl sites for hydroxylation is 1. The van der Waals surface area contributed by atoms with E-state index < -0.39 is 0 Å². The molecule has 0 saturated heterocycles. The fourth-order valence-electron chi connectivity index (χ4n) is 2.87. The number of halogens is 1. The minimum atomic E-state index is -0.231. The van der Waals surface area contributed by atoms with Crippen LogP contribution in [0.25, 0.3) is 0 Å². The monoisotopic (exact) mass is 272 g/mol. The zero-order valence-corrected chi connectivity index (χ0v) is 11.3. The Labute approximate surface area is 117 Å². The van der Waals surface area contributed by atoms with Crippen molar-refractivity contribution in [2.75, 3.05) is 6.61 Å². The molecule has 0 bridgehead atoms. The van der Waals surface area contributed by atoms with Crippen molar-refractivity contribution in [3.63, 3.8) is 0 Å². The van der Waals surface area contributed by atoms with E-state index in [9.17, 15) is 4.39 Å². The molecule has 0 aromatic heterocycles. The van der Waals surface area contributed by atoms with E-state index >= 15 is 0 Å². The molecule has 1 aliphatic rings. The van der Waals surface area contributed by atoms with Gasteiger partial charge in [-0.2, -0.15) is 0 Å². The molecule has 20 heavy (non-hydrogen) atoms. The maximum atomic E-state index is 13.3. The van der Waals surface area contributed by atoms with E-state index in [1.54, 1.807) is 6.07 Å². The predicted molar refractivity (Wildman–Crippen MR) is 75.9 cm³/mol. The van der Waals surface area contributed by atoms with Gasteiger partial charge >= 0.3 is 0 Å². The van der Waals surface area contributed by atoms with Crippen LogP contribution in [0.3, 0.4) is 0 Å². The first-order valence-corrected chi connectivity index (χ1v) is 6.64. The van der Waals surface area contributed by atoms with Crippen LogP contribution in [0, 0.1) is 12.7 Å². The van der Waals surface area contributed by atoms with Crippen molar-refractivity contribution in [3.8, 4) is 5.75 Å². The van der Waals surface area contributed by atoms with Crippen LogP contribution in [0.4, 0.5) is 4.39 Å². The van der Waals surface area contributed by atoms with Crippen molar-refractivity contribution in [3.05, 3.63) is 65.0 Å². The van der Waals surface area contributed by atoms with E-state index in [4.69, 9.17) is 10.6 Å². The summed E-state index contributed by atoms with van der Waals surface area (Å²) < 4.78 is 19.0. The summed E-state index contributed by atoms with van der Waals surface area (Å²) in [5.74, 6) is 6.54. The topological polar surface area (TPSA) is 47.3 Å². The molecule has 2 aromatic carbocycles. The molecule has 0 aliphatic carbocycles. The summed E-state index contributed by atoms with van der Waals surface area (Å²) in [7, 11) is 0. The second kappa shape index (κ2) is 5.23. The molecule has 0 radical (unpaired) electrons. The molecule has 4 heteroatoms. The molecule has 3 rings (SSSR count). The highest BCUT2D eigenvalue weighted by Crippen LogP contribution is 2.41. The summed E-state index contributed by atoms with van der Waals surface area (Å²) in [6.45, 7) is 2.47. The predicted octanol–water partition coefficient (Wildman–Crippen LogP) is 2.81. The summed E-state index contributed by atoms with van der Waals surface area (Å²) in [6.07, 6.45) is 0. The summed E-state index contributed by atoms with van der Waals surface area (Å²) >= 11 is 0. The summed E-state index contributed by atoms with van der Waals surface area (Å²) in [5, 5.41) is 0. The second-order valence-corrected chi connectivity index (χ2v) is 5.10. The molecule has 2 atom stereocenters. The third-order valence-corrected chi connectivity index (χ3v) is 3.89. The van der Waals surface area contributed by atoms with Crippen LogP contribution in [0.1, 0.15) is 28.7 Å². The van der Waals surface area contributed by atoms with Gasteiger partial charge in [0.05, 0.1) is 12.6 Å². The second-order valence-electron chi connectivity index (χ2n) is 5.10. The maximum absolute atomic E-state index is 13.3. The van der Waals surface area contributed by atoms with Gasteiger partial charge in [0.1, 0.15) is 11.6 Å². The Morgan fingerprint density at radius 3 is 2.85 bits per heavy atom. The van der Waals surface area contributed by atoms with Gasteiger partial charge in [0, 0.05) is 11.5 Å². The van der Waals surface area contributed by atoms with Gasteiger partial charge in [-0.15, -0.1) is 0 Å². The van der Waals surface area contributed by atoms with E-state index in [-0.39, 0.29) is 17.8 Å². The third-order valence-electron chi connectivity index (χ3n) is 3.89. The van der Waals surface area contributed by atoms with E-state index in [0.29, 0.717) is 6.61 Å². The Balaban J connectivity index is 1.99. The molecule has 3 nitrogen and oxygen atoms in total. The van der Waals surface area contributed by atoms with Gasteiger partial charge in [0.15, 0.2) is 0 Å². The van der Waals surface area contributed by atoms with E-state index in [2.05, 4.69) is 11.5 Å². The minimum Gasteiger partial charge on any atom is -0.493 e. The van der Waals surface area contributed by atoms with Gasteiger partial charge in [-0.25, -0.2) is 4.39 Å². The van der Waals surface area contributed by atoms with Crippen LogP contribution in [0.5, 0.6) is 5.75 Å². The molecule has 3 N–H and O–H groups in total. The minimum absolute atomic E-state index is 0.0979. The number of hydrogen-bond acceptors (Lipinski definition) is 3. The lowest BCUT2D eigenvalue weighted by Crippen LogP contribution is -2.33. The van der Waals surface area contributed by atoms with Crippen molar-refractivity contribution >= 4 is 0 Å². The molecule has 0 saturated carbocycles. The van der Waals surface area contributed by atoms with Crippen molar-refractivity contribution in [1.82, 2.24) is 5.43 Å². The highest BCUT2D eigenvalue weighted by molar-refractivity contribution is 5.43. The maximum Gasteiger partial charge on any atom is 0.123 e. The number of para-hydroxylation sites is 1. The normalized spacial score (nSPS) is 18.4. The van der Waals surface area contributed by atoms with Gasteiger partial charge in [-0.05, 0) is 36.2 Å². The number of nitrogens with two attached hydrogens (primary N) is 1. The number of fused-ring (bicyclic) bond motifs is 1. The summed E-state index contributed by atoms with van der Waals surface area (Å²) in [4.78, 5) is 0. The average molecular weight is 272 g/mol. The van der Waals surface area contributed by atoms with Crippen LogP contribution in [-0.4, -0.2) is 6.61 Å². The Morgan fingerprint density at radius 2 is 2.10 bits per heavy atom. The van der Waals surface area contributed by atoms with Gasteiger partial charge in [-0.1, -0.05) is 24.3 Å². The number of hydrogen-bond donors (Lipinski definition) is 2.